The molecule has 0 fully saturated rings. The Morgan fingerprint density at radius 2 is 1.79 bits per heavy atom. The summed E-state index contributed by atoms with van der Waals surface area (Å²) >= 11 is 0. The molecule has 1 heterocycles. The fourth-order valence-electron chi connectivity index (χ4n) is 3.02. The van der Waals surface area contributed by atoms with E-state index in [2.05, 4.69) is 20.8 Å². The second kappa shape index (κ2) is 9.82. The molecule has 0 aliphatic carbocycles. The zero-order valence-electron chi connectivity index (χ0n) is 19.2. The highest BCUT2D eigenvalue weighted by Gasteiger charge is 2.28. The largest absolute Gasteiger partial charge is 0.391 e. The molecule has 0 saturated heterocycles. The average Bonchev–Trinajstić information content (AvgIpc) is 2.77. The molecule has 2 aromatic carbocycles. The lowest BCUT2D eigenvalue weighted by Crippen LogP contribution is -2.43. The Balaban J connectivity index is 1.70. The number of hydrogen-bond acceptors (Lipinski definition) is 6. The first-order chi connectivity index (χ1) is 16.0. The number of nitrogens with zero attached hydrogens (tertiary/aromatic N) is 1. The number of fused-ring (bicyclic) bond motifs is 1. The van der Waals surface area contributed by atoms with Gasteiger partial charge in [-0.3, -0.25) is 9.59 Å². The summed E-state index contributed by atoms with van der Waals surface area (Å²) in [7, 11) is 0. The van der Waals surface area contributed by atoms with Gasteiger partial charge in [0, 0.05) is 11.8 Å². The van der Waals surface area contributed by atoms with Gasteiger partial charge in [-0.1, -0.05) is 24.3 Å². The van der Waals surface area contributed by atoms with E-state index >= 15 is 0 Å². The van der Waals surface area contributed by atoms with Crippen LogP contribution in [0.3, 0.4) is 0 Å². The van der Waals surface area contributed by atoms with Crippen LogP contribution in [-0.4, -0.2) is 34.2 Å². The van der Waals surface area contributed by atoms with Crippen LogP contribution in [0.25, 0.3) is 10.8 Å². The molecule has 3 N–H and O–H groups in total. The van der Waals surface area contributed by atoms with Crippen molar-refractivity contribution in [3.8, 4) is 0 Å². The molecular formula is C24H25FN4O5. The van der Waals surface area contributed by atoms with Crippen LogP contribution in [0.2, 0.25) is 0 Å². The molecule has 178 valence electrons. The Morgan fingerprint density at radius 1 is 1.12 bits per heavy atom. The normalized spacial score (nSPS) is 12.1. The number of ether oxygens (including phenoxy) is 1. The molecule has 34 heavy (non-hydrogen) atoms. The number of urea groups is 1. The highest BCUT2D eigenvalue weighted by molar-refractivity contribution is 5.95. The van der Waals surface area contributed by atoms with Crippen molar-refractivity contribution in [2.24, 2.45) is 5.41 Å². The Kier molecular flexibility index (Phi) is 7.09. The third-order valence-corrected chi connectivity index (χ3v) is 4.93. The summed E-state index contributed by atoms with van der Waals surface area (Å²) in [5.74, 6) is -2.34. The number of benzene rings is 2. The van der Waals surface area contributed by atoms with Gasteiger partial charge in [0.05, 0.1) is 22.2 Å². The number of H-pyrrole nitrogens is 1. The van der Waals surface area contributed by atoms with Gasteiger partial charge in [0.25, 0.3) is 5.56 Å². The van der Waals surface area contributed by atoms with Crippen LogP contribution < -0.4 is 16.2 Å². The molecule has 1 aromatic heterocycles. The summed E-state index contributed by atoms with van der Waals surface area (Å²) in [6.45, 7) is 6.12. The minimum absolute atomic E-state index is 0.116. The summed E-state index contributed by atoms with van der Waals surface area (Å²) in [5.41, 5.74) is -0.0983. The maximum Gasteiger partial charge on any atom is 0.336 e. The van der Waals surface area contributed by atoms with E-state index in [4.69, 9.17) is 4.74 Å². The van der Waals surface area contributed by atoms with Crippen molar-refractivity contribution in [1.29, 1.82) is 0 Å². The van der Waals surface area contributed by atoms with Crippen molar-refractivity contribution >= 4 is 34.4 Å². The number of amides is 2. The number of aromatic nitrogens is 2. The molecule has 0 radical (unpaired) electrons. The van der Waals surface area contributed by atoms with E-state index in [0.29, 0.717) is 22.0 Å². The number of rotatable bonds is 5. The molecule has 1 atom stereocenters. The van der Waals surface area contributed by atoms with Gasteiger partial charge in [-0.05, 0) is 51.5 Å². The summed E-state index contributed by atoms with van der Waals surface area (Å²) < 4.78 is 19.1. The van der Waals surface area contributed by atoms with Gasteiger partial charge in [-0.2, -0.15) is 5.10 Å². The Morgan fingerprint density at radius 3 is 2.47 bits per heavy atom. The van der Waals surface area contributed by atoms with Crippen molar-refractivity contribution in [2.45, 2.75) is 40.2 Å². The van der Waals surface area contributed by atoms with Crippen LogP contribution in [-0.2, 0) is 20.7 Å². The molecule has 0 aliphatic heterocycles. The lowest BCUT2D eigenvalue weighted by molar-refractivity contribution is -0.166. The molecule has 9 nitrogen and oxygen atoms in total. The molecule has 0 aliphatic rings. The van der Waals surface area contributed by atoms with E-state index in [9.17, 15) is 23.6 Å². The van der Waals surface area contributed by atoms with Gasteiger partial charge in [0.1, 0.15) is 11.9 Å². The first-order valence-corrected chi connectivity index (χ1v) is 10.5. The van der Waals surface area contributed by atoms with E-state index in [-0.39, 0.29) is 17.7 Å². The average molecular weight is 468 g/mol. The monoisotopic (exact) mass is 468 g/mol. The number of hydrogen-bond donors (Lipinski definition) is 3. The van der Waals surface area contributed by atoms with Gasteiger partial charge >= 0.3 is 18.0 Å². The van der Waals surface area contributed by atoms with E-state index < -0.39 is 35.2 Å². The van der Waals surface area contributed by atoms with E-state index in [1.807, 2.05) is 0 Å². The number of carbonyl (C=O) groups is 3. The summed E-state index contributed by atoms with van der Waals surface area (Å²) in [5, 5.41) is 12.4. The fourth-order valence-corrected chi connectivity index (χ4v) is 3.02. The van der Waals surface area contributed by atoms with Gasteiger partial charge in [-0.25, -0.2) is 19.1 Å². The van der Waals surface area contributed by atoms with Crippen LogP contribution in [0, 0.1) is 11.2 Å². The zero-order chi connectivity index (χ0) is 25.0. The summed E-state index contributed by atoms with van der Waals surface area (Å²) in [4.78, 5) is 48.2. The second-order valence-electron chi connectivity index (χ2n) is 8.81. The molecule has 0 bridgehead atoms. The molecule has 3 aromatic rings. The molecular weight excluding hydrogens is 443 g/mol. The highest BCUT2D eigenvalue weighted by Crippen LogP contribution is 2.21. The highest BCUT2D eigenvalue weighted by atomic mass is 19.1. The van der Waals surface area contributed by atoms with Crippen molar-refractivity contribution in [3.05, 3.63) is 69.9 Å². The number of carbonyl (C=O) groups excluding carboxylic acids is 3. The molecule has 2 amide bonds. The third kappa shape index (κ3) is 5.83. The second-order valence-corrected chi connectivity index (χ2v) is 8.81. The SMILES string of the molecule is C[C@@H](NC(=O)Nc1cc(Cc2n[nH]c(=O)c3ccccc23)ccc1F)C(=O)OC(=O)C(C)(C)C. The van der Waals surface area contributed by atoms with E-state index in [0.717, 1.165) is 0 Å². The predicted molar refractivity (Wildman–Crippen MR) is 124 cm³/mol. The summed E-state index contributed by atoms with van der Waals surface area (Å²) in [6, 6.07) is 9.16. The summed E-state index contributed by atoms with van der Waals surface area (Å²) in [6.07, 6.45) is 0.269. The van der Waals surface area contributed by atoms with E-state index in [1.165, 1.54) is 25.1 Å². The Hall–Kier alpha value is -4.08. The predicted octanol–water partition coefficient (Wildman–Crippen LogP) is 3.28. The number of anilines is 1. The number of nitrogens with one attached hydrogen (secondary N) is 3. The quantitative estimate of drug-likeness (QED) is 0.389. The van der Waals surface area contributed by atoms with Crippen LogP contribution in [0.4, 0.5) is 14.9 Å². The Bertz CT molecular complexity index is 1310. The van der Waals surface area contributed by atoms with Gasteiger partial charge in [-0.15, -0.1) is 0 Å². The molecule has 0 spiro atoms. The zero-order valence-corrected chi connectivity index (χ0v) is 19.2. The fraction of sp³-hybridized carbons (Fsp3) is 0.292. The number of halogens is 1. The van der Waals surface area contributed by atoms with Gasteiger partial charge in [0.15, 0.2) is 0 Å². The van der Waals surface area contributed by atoms with Crippen LogP contribution in [0.5, 0.6) is 0 Å². The van der Waals surface area contributed by atoms with Gasteiger partial charge in [0.2, 0.25) is 0 Å². The Labute approximate surface area is 194 Å². The first-order valence-electron chi connectivity index (χ1n) is 10.5. The molecule has 0 saturated carbocycles. The number of esters is 2. The van der Waals surface area contributed by atoms with Crippen LogP contribution in [0.1, 0.15) is 39.0 Å². The lowest BCUT2D eigenvalue weighted by atomic mass is 9.97. The molecule has 3 rings (SSSR count). The smallest absolute Gasteiger partial charge is 0.336 e. The maximum atomic E-state index is 14.3. The van der Waals surface area contributed by atoms with Crippen molar-refractivity contribution < 1.29 is 23.5 Å². The molecule has 0 unspecified atom stereocenters. The standard InChI is InChI=1S/C24H25FN4O5/c1-13(21(31)34-22(32)24(2,3)4)26-23(33)27-19-12-14(9-10-17(19)25)11-18-15-7-5-6-8-16(15)20(30)29-28-18/h5-10,12-13H,11H2,1-4H3,(H,29,30)(H2,26,27,33)/t13-/m1/s1. The van der Waals surface area contributed by atoms with Crippen molar-refractivity contribution in [1.82, 2.24) is 15.5 Å². The minimum atomic E-state index is -1.14. The topological polar surface area (TPSA) is 130 Å². The maximum absolute atomic E-state index is 14.3. The lowest BCUT2D eigenvalue weighted by Gasteiger charge is -2.18. The number of aromatic amines is 1. The molecule has 10 heteroatoms. The minimum Gasteiger partial charge on any atom is -0.391 e. The van der Waals surface area contributed by atoms with E-state index in [1.54, 1.807) is 45.0 Å². The van der Waals surface area contributed by atoms with Gasteiger partial charge < -0.3 is 15.4 Å². The van der Waals surface area contributed by atoms with Crippen molar-refractivity contribution in [2.75, 3.05) is 5.32 Å². The van der Waals surface area contributed by atoms with Crippen LogP contribution in [0.15, 0.2) is 47.3 Å². The first kappa shape index (κ1) is 24.6. The van der Waals surface area contributed by atoms with Crippen LogP contribution >= 0.6 is 0 Å². The third-order valence-electron chi connectivity index (χ3n) is 4.93. The van der Waals surface area contributed by atoms with Crippen molar-refractivity contribution in [3.63, 3.8) is 0 Å².